The minimum absolute atomic E-state index is 0.0594. The zero-order valence-corrected chi connectivity index (χ0v) is 15.2. The molecule has 0 atom stereocenters. The zero-order valence-electron chi connectivity index (χ0n) is 14.4. The summed E-state index contributed by atoms with van der Waals surface area (Å²) in [4.78, 5) is 18.4. The van der Waals surface area contributed by atoms with Crippen LogP contribution in [0.4, 0.5) is 0 Å². The summed E-state index contributed by atoms with van der Waals surface area (Å²) in [5.74, 6) is -0.0594. The van der Waals surface area contributed by atoms with Crippen LogP contribution in [0.25, 0.3) is 21.3 Å². The van der Waals surface area contributed by atoms with Gasteiger partial charge in [-0.05, 0) is 23.8 Å². The number of benzene rings is 3. The Morgan fingerprint density at radius 3 is 2.54 bits per heavy atom. The smallest absolute Gasteiger partial charge is 0.252 e. The third-order valence-electron chi connectivity index (χ3n) is 4.36. The SMILES string of the molecule is Cc1nc(-c2ccccc2)sc1CNC(=O)c1cccc2ccccc12. The Bertz CT molecular complexity index is 1060. The number of hydrogen-bond donors (Lipinski definition) is 1. The van der Waals surface area contributed by atoms with Gasteiger partial charge >= 0.3 is 0 Å². The summed E-state index contributed by atoms with van der Waals surface area (Å²) < 4.78 is 0. The molecule has 1 aromatic heterocycles. The maximum absolute atomic E-state index is 12.7. The second kappa shape index (κ2) is 7.10. The van der Waals surface area contributed by atoms with E-state index in [1.807, 2.05) is 67.6 Å². The Morgan fingerprint density at radius 2 is 1.69 bits per heavy atom. The van der Waals surface area contributed by atoms with Gasteiger partial charge in [0, 0.05) is 16.0 Å². The van der Waals surface area contributed by atoms with E-state index in [0.29, 0.717) is 12.1 Å². The Labute approximate surface area is 156 Å². The van der Waals surface area contributed by atoms with E-state index in [1.54, 1.807) is 11.3 Å². The van der Waals surface area contributed by atoms with Gasteiger partial charge in [0.25, 0.3) is 5.91 Å². The van der Waals surface area contributed by atoms with Gasteiger partial charge in [-0.2, -0.15) is 0 Å². The molecule has 0 unspecified atom stereocenters. The number of rotatable bonds is 4. The fraction of sp³-hybridized carbons (Fsp3) is 0.0909. The topological polar surface area (TPSA) is 42.0 Å². The van der Waals surface area contributed by atoms with Crippen molar-refractivity contribution >= 4 is 28.0 Å². The average Bonchev–Trinajstić information content (AvgIpc) is 3.07. The lowest BCUT2D eigenvalue weighted by molar-refractivity contribution is 0.0953. The molecule has 3 aromatic carbocycles. The fourth-order valence-corrected chi connectivity index (χ4v) is 3.98. The van der Waals surface area contributed by atoms with Crippen molar-refractivity contribution in [3.63, 3.8) is 0 Å². The van der Waals surface area contributed by atoms with Crippen molar-refractivity contribution in [3.05, 3.63) is 88.9 Å². The Balaban J connectivity index is 1.54. The van der Waals surface area contributed by atoms with Gasteiger partial charge in [0.05, 0.1) is 12.2 Å². The van der Waals surface area contributed by atoms with E-state index in [0.717, 1.165) is 31.9 Å². The van der Waals surface area contributed by atoms with Gasteiger partial charge in [0.2, 0.25) is 0 Å². The number of nitrogens with one attached hydrogen (secondary N) is 1. The quantitative estimate of drug-likeness (QED) is 0.545. The van der Waals surface area contributed by atoms with Crippen LogP contribution in [0.1, 0.15) is 20.9 Å². The summed E-state index contributed by atoms with van der Waals surface area (Å²) in [6.45, 7) is 2.47. The maximum Gasteiger partial charge on any atom is 0.252 e. The van der Waals surface area contributed by atoms with Gasteiger partial charge < -0.3 is 5.32 Å². The number of carbonyl (C=O) groups excluding carboxylic acids is 1. The summed E-state index contributed by atoms with van der Waals surface area (Å²) >= 11 is 1.63. The summed E-state index contributed by atoms with van der Waals surface area (Å²) in [6, 6.07) is 23.9. The maximum atomic E-state index is 12.7. The number of hydrogen-bond acceptors (Lipinski definition) is 3. The molecule has 3 nitrogen and oxygen atoms in total. The summed E-state index contributed by atoms with van der Waals surface area (Å²) in [6.07, 6.45) is 0. The van der Waals surface area contributed by atoms with Crippen LogP contribution < -0.4 is 5.32 Å². The highest BCUT2D eigenvalue weighted by atomic mass is 32.1. The van der Waals surface area contributed by atoms with Crippen molar-refractivity contribution in [3.8, 4) is 10.6 Å². The Kier molecular flexibility index (Phi) is 4.50. The molecule has 0 aliphatic carbocycles. The lowest BCUT2D eigenvalue weighted by atomic mass is 10.0. The first kappa shape index (κ1) is 16.5. The van der Waals surface area contributed by atoms with E-state index in [-0.39, 0.29) is 5.91 Å². The molecule has 0 saturated heterocycles. The predicted octanol–water partition coefficient (Wildman–Crippen LogP) is 5.20. The van der Waals surface area contributed by atoms with Crippen LogP contribution in [0.15, 0.2) is 72.8 Å². The molecular formula is C22H18N2OS. The first-order chi connectivity index (χ1) is 12.7. The van der Waals surface area contributed by atoms with Crippen LogP contribution in [0.3, 0.4) is 0 Å². The lowest BCUT2D eigenvalue weighted by Gasteiger charge is -2.07. The number of aromatic nitrogens is 1. The van der Waals surface area contributed by atoms with Gasteiger partial charge in [0.15, 0.2) is 0 Å². The zero-order chi connectivity index (χ0) is 17.9. The van der Waals surface area contributed by atoms with Crippen molar-refractivity contribution in [2.24, 2.45) is 0 Å². The molecule has 0 aliphatic heterocycles. The summed E-state index contributed by atoms with van der Waals surface area (Å²) in [5, 5.41) is 6.07. The molecule has 1 heterocycles. The number of amides is 1. The molecule has 0 bridgehead atoms. The molecule has 4 heteroatoms. The molecule has 1 N–H and O–H groups in total. The second-order valence-electron chi connectivity index (χ2n) is 6.10. The number of carbonyl (C=O) groups is 1. The van der Waals surface area contributed by atoms with E-state index in [2.05, 4.69) is 22.4 Å². The van der Waals surface area contributed by atoms with Gasteiger partial charge in [0.1, 0.15) is 5.01 Å². The van der Waals surface area contributed by atoms with Crippen LogP contribution in [-0.4, -0.2) is 10.9 Å². The van der Waals surface area contributed by atoms with Gasteiger partial charge in [-0.1, -0.05) is 66.7 Å². The van der Waals surface area contributed by atoms with Gasteiger partial charge in [-0.25, -0.2) is 4.98 Å². The molecule has 26 heavy (non-hydrogen) atoms. The minimum Gasteiger partial charge on any atom is -0.347 e. The lowest BCUT2D eigenvalue weighted by Crippen LogP contribution is -2.22. The molecular weight excluding hydrogens is 340 g/mol. The number of nitrogens with zero attached hydrogens (tertiary/aromatic N) is 1. The molecule has 0 fully saturated rings. The van der Waals surface area contributed by atoms with Crippen LogP contribution in [0.2, 0.25) is 0 Å². The molecule has 4 aromatic rings. The van der Waals surface area contributed by atoms with Crippen LogP contribution in [0.5, 0.6) is 0 Å². The highest BCUT2D eigenvalue weighted by Gasteiger charge is 2.13. The molecule has 0 aliphatic rings. The first-order valence-corrected chi connectivity index (χ1v) is 9.32. The fourth-order valence-electron chi connectivity index (χ4n) is 2.98. The normalized spacial score (nSPS) is 10.8. The highest BCUT2D eigenvalue weighted by molar-refractivity contribution is 7.15. The Morgan fingerprint density at radius 1 is 0.962 bits per heavy atom. The third-order valence-corrected chi connectivity index (χ3v) is 5.56. The monoisotopic (exact) mass is 358 g/mol. The molecule has 0 saturated carbocycles. The van der Waals surface area contributed by atoms with Crippen LogP contribution >= 0.6 is 11.3 Å². The first-order valence-electron chi connectivity index (χ1n) is 8.50. The van der Waals surface area contributed by atoms with Crippen molar-refractivity contribution in [1.82, 2.24) is 10.3 Å². The van der Waals surface area contributed by atoms with Gasteiger partial charge in [-0.3, -0.25) is 4.79 Å². The van der Waals surface area contributed by atoms with Crippen molar-refractivity contribution in [2.75, 3.05) is 0 Å². The standard InChI is InChI=1S/C22H18N2OS/c1-15-20(26-22(24-15)17-9-3-2-4-10-17)14-23-21(25)19-13-7-11-16-8-5-6-12-18(16)19/h2-13H,14H2,1H3,(H,23,25). The average molecular weight is 358 g/mol. The number of thiazole rings is 1. The molecule has 1 amide bonds. The van der Waals surface area contributed by atoms with Crippen LogP contribution in [0, 0.1) is 6.92 Å². The van der Waals surface area contributed by atoms with Crippen molar-refractivity contribution in [2.45, 2.75) is 13.5 Å². The molecule has 0 spiro atoms. The third kappa shape index (κ3) is 3.24. The van der Waals surface area contributed by atoms with E-state index in [9.17, 15) is 4.79 Å². The van der Waals surface area contributed by atoms with E-state index in [4.69, 9.17) is 0 Å². The minimum atomic E-state index is -0.0594. The molecule has 128 valence electrons. The van der Waals surface area contributed by atoms with E-state index < -0.39 is 0 Å². The second-order valence-corrected chi connectivity index (χ2v) is 7.19. The Hall–Kier alpha value is -2.98. The molecule has 4 rings (SSSR count). The number of aryl methyl sites for hydroxylation is 1. The highest BCUT2D eigenvalue weighted by Crippen LogP contribution is 2.27. The van der Waals surface area contributed by atoms with Gasteiger partial charge in [-0.15, -0.1) is 11.3 Å². The van der Waals surface area contributed by atoms with Crippen molar-refractivity contribution in [1.29, 1.82) is 0 Å². The van der Waals surface area contributed by atoms with E-state index in [1.165, 1.54) is 0 Å². The summed E-state index contributed by atoms with van der Waals surface area (Å²) in [5.41, 5.74) is 2.77. The van der Waals surface area contributed by atoms with E-state index >= 15 is 0 Å². The van der Waals surface area contributed by atoms with Crippen molar-refractivity contribution < 1.29 is 4.79 Å². The largest absolute Gasteiger partial charge is 0.347 e. The summed E-state index contributed by atoms with van der Waals surface area (Å²) in [7, 11) is 0. The predicted molar refractivity (Wildman–Crippen MR) is 107 cm³/mol. The number of fused-ring (bicyclic) bond motifs is 1. The van der Waals surface area contributed by atoms with Crippen LogP contribution in [-0.2, 0) is 6.54 Å². The molecule has 0 radical (unpaired) electrons.